The fourth-order valence-electron chi connectivity index (χ4n) is 2.17. The molecule has 8 heteroatoms. The third-order valence-electron chi connectivity index (χ3n) is 4.34. The van der Waals surface area contributed by atoms with Crippen LogP contribution in [0.1, 0.15) is 33.3 Å². The first-order valence-electron chi connectivity index (χ1n) is 7.09. The van der Waals surface area contributed by atoms with Crippen LogP contribution in [0, 0.1) is 17.5 Å². The Labute approximate surface area is 133 Å². The van der Waals surface area contributed by atoms with Crippen molar-refractivity contribution in [3.8, 4) is 0 Å². The minimum absolute atomic E-state index is 0.382. The molecule has 2 rings (SSSR count). The highest BCUT2D eigenvalue weighted by molar-refractivity contribution is 6.62. The predicted octanol–water partition coefficient (Wildman–Crippen LogP) is 2.12. The molecular formula is C15H18BF3O4. The molecule has 0 aliphatic carbocycles. The van der Waals surface area contributed by atoms with E-state index >= 15 is 0 Å². The summed E-state index contributed by atoms with van der Waals surface area (Å²) in [4.78, 5) is 11.2. The van der Waals surface area contributed by atoms with E-state index in [1.165, 1.54) is 0 Å². The van der Waals surface area contributed by atoms with Crippen molar-refractivity contribution in [1.82, 2.24) is 0 Å². The van der Waals surface area contributed by atoms with E-state index in [0.717, 1.165) is 13.2 Å². The number of carbonyl (C=O) groups is 1. The number of hydrogen-bond donors (Lipinski definition) is 0. The molecule has 1 aromatic rings. The molecule has 126 valence electrons. The zero-order valence-corrected chi connectivity index (χ0v) is 13.6. The van der Waals surface area contributed by atoms with Gasteiger partial charge in [0.2, 0.25) is 0 Å². The van der Waals surface area contributed by atoms with Crippen LogP contribution in [0.15, 0.2) is 6.07 Å². The van der Waals surface area contributed by atoms with Crippen LogP contribution in [0.5, 0.6) is 0 Å². The van der Waals surface area contributed by atoms with Crippen LogP contribution in [-0.4, -0.2) is 31.4 Å². The lowest BCUT2D eigenvalue weighted by Crippen LogP contribution is -2.41. The summed E-state index contributed by atoms with van der Waals surface area (Å²) in [5.41, 5.74) is -2.62. The summed E-state index contributed by atoms with van der Waals surface area (Å²) in [7, 11) is -0.163. The maximum Gasteiger partial charge on any atom is 0.498 e. The average Bonchev–Trinajstić information content (AvgIpc) is 2.67. The van der Waals surface area contributed by atoms with Crippen LogP contribution in [-0.2, 0) is 25.3 Å². The van der Waals surface area contributed by atoms with Crippen LogP contribution < -0.4 is 5.46 Å². The Bertz CT molecular complexity index is 630. The van der Waals surface area contributed by atoms with E-state index in [9.17, 15) is 18.0 Å². The molecule has 0 spiro atoms. The highest BCUT2D eigenvalue weighted by Gasteiger charge is 2.53. The third kappa shape index (κ3) is 3.10. The molecule has 1 aliphatic heterocycles. The molecule has 1 aromatic carbocycles. The Morgan fingerprint density at radius 3 is 2.13 bits per heavy atom. The smallest absolute Gasteiger partial charge is 0.469 e. The summed E-state index contributed by atoms with van der Waals surface area (Å²) in [6.07, 6.45) is -0.700. The van der Waals surface area contributed by atoms with E-state index in [1.54, 1.807) is 27.7 Å². The zero-order valence-electron chi connectivity index (χ0n) is 13.6. The highest BCUT2D eigenvalue weighted by atomic mass is 19.2. The van der Waals surface area contributed by atoms with Gasteiger partial charge in [-0.25, -0.2) is 13.2 Å². The van der Waals surface area contributed by atoms with Crippen molar-refractivity contribution in [3.05, 3.63) is 29.1 Å². The van der Waals surface area contributed by atoms with E-state index < -0.39 is 53.7 Å². The van der Waals surface area contributed by atoms with Gasteiger partial charge >= 0.3 is 13.1 Å². The standard InChI is InChI=1S/C15H18BF3O4/c1-14(2)15(3,4)23-16(22-14)9-7-10(17)8(6-11(20)21-5)12(18)13(9)19/h7H,6H2,1-5H3. The van der Waals surface area contributed by atoms with Gasteiger partial charge in [-0.1, -0.05) is 0 Å². The van der Waals surface area contributed by atoms with Crippen molar-refractivity contribution in [2.75, 3.05) is 7.11 Å². The van der Waals surface area contributed by atoms with Crippen LogP contribution >= 0.6 is 0 Å². The molecule has 0 saturated carbocycles. The molecule has 23 heavy (non-hydrogen) atoms. The number of ether oxygens (including phenoxy) is 1. The number of halogens is 3. The number of esters is 1. The van der Waals surface area contributed by atoms with Crippen LogP contribution in [0.3, 0.4) is 0 Å². The first kappa shape index (κ1) is 17.8. The van der Waals surface area contributed by atoms with Crippen molar-refractivity contribution in [2.24, 2.45) is 0 Å². The quantitative estimate of drug-likeness (QED) is 0.484. The predicted molar refractivity (Wildman–Crippen MR) is 77.8 cm³/mol. The molecule has 1 fully saturated rings. The molecule has 1 aliphatic rings. The van der Waals surface area contributed by atoms with Crippen LogP contribution in [0.4, 0.5) is 13.2 Å². The molecule has 0 radical (unpaired) electrons. The van der Waals surface area contributed by atoms with Crippen molar-refractivity contribution < 1.29 is 32.0 Å². The first-order valence-corrected chi connectivity index (χ1v) is 7.09. The van der Waals surface area contributed by atoms with Gasteiger partial charge in [-0.2, -0.15) is 0 Å². The maximum absolute atomic E-state index is 14.3. The second kappa shape index (κ2) is 5.83. The lowest BCUT2D eigenvalue weighted by atomic mass is 9.77. The highest BCUT2D eigenvalue weighted by Crippen LogP contribution is 2.37. The van der Waals surface area contributed by atoms with Gasteiger partial charge in [-0.3, -0.25) is 4.79 Å². The molecule has 0 unspecified atom stereocenters. The van der Waals surface area contributed by atoms with Crippen molar-refractivity contribution >= 4 is 18.6 Å². The Hall–Kier alpha value is -1.54. The first-order chi connectivity index (χ1) is 10.5. The summed E-state index contributed by atoms with van der Waals surface area (Å²) < 4.78 is 58.1. The van der Waals surface area contributed by atoms with Gasteiger partial charge in [-0.15, -0.1) is 0 Å². The Morgan fingerprint density at radius 2 is 1.65 bits per heavy atom. The summed E-state index contributed by atoms with van der Waals surface area (Å²) in [5.74, 6) is -4.67. The van der Waals surface area contributed by atoms with Gasteiger partial charge in [0, 0.05) is 11.0 Å². The molecule has 0 aromatic heterocycles. The third-order valence-corrected chi connectivity index (χ3v) is 4.34. The van der Waals surface area contributed by atoms with Gasteiger partial charge in [0.1, 0.15) is 5.82 Å². The zero-order chi connectivity index (χ0) is 17.6. The fourth-order valence-corrected chi connectivity index (χ4v) is 2.17. The Morgan fingerprint density at radius 1 is 1.13 bits per heavy atom. The van der Waals surface area contributed by atoms with Crippen molar-refractivity contribution in [2.45, 2.75) is 45.3 Å². The number of carbonyl (C=O) groups excluding carboxylic acids is 1. The van der Waals surface area contributed by atoms with Gasteiger partial charge in [0.25, 0.3) is 0 Å². The van der Waals surface area contributed by atoms with Crippen molar-refractivity contribution in [1.29, 1.82) is 0 Å². The molecule has 0 atom stereocenters. The second-order valence-corrected chi connectivity index (χ2v) is 6.40. The van der Waals surface area contributed by atoms with Crippen LogP contribution in [0.25, 0.3) is 0 Å². The monoisotopic (exact) mass is 330 g/mol. The molecule has 0 amide bonds. The Kier molecular flexibility index (Phi) is 4.52. The number of rotatable bonds is 3. The number of methoxy groups -OCH3 is 1. The summed E-state index contributed by atoms with van der Waals surface area (Å²) in [6, 6.07) is 0.791. The summed E-state index contributed by atoms with van der Waals surface area (Å²) >= 11 is 0. The maximum atomic E-state index is 14.3. The molecule has 1 heterocycles. The Balaban J connectivity index is 2.41. The average molecular weight is 330 g/mol. The van der Waals surface area contributed by atoms with Gasteiger partial charge in [0.05, 0.1) is 24.7 Å². The minimum atomic E-state index is -1.44. The van der Waals surface area contributed by atoms with E-state index in [2.05, 4.69) is 4.74 Å². The van der Waals surface area contributed by atoms with Gasteiger partial charge < -0.3 is 14.0 Å². The number of hydrogen-bond acceptors (Lipinski definition) is 4. The second-order valence-electron chi connectivity index (χ2n) is 6.40. The minimum Gasteiger partial charge on any atom is -0.469 e. The van der Waals surface area contributed by atoms with Crippen LogP contribution in [0.2, 0.25) is 0 Å². The lowest BCUT2D eigenvalue weighted by molar-refractivity contribution is -0.139. The van der Waals surface area contributed by atoms with Gasteiger partial charge in [-0.05, 0) is 33.8 Å². The van der Waals surface area contributed by atoms with Gasteiger partial charge in [0.15, 0.2) is 11.6 Å². The lowest BCUT2D eigenvalue weighted by Gasteiger charge is -2.32. The molecule has 0 bridgehead atoms. The number of benzene rings is 1. The summed E-state index contributed by atoms with van der Waals surface area (Å²) in [6.45, 7) is 6.96. The SMILES string of the molecule is COC(=O)Cc1c(F)cc(B2OC(C)(C)C(C)(C)O2)c(F)c1F. The van der Waals surface area contributed by atoms with E-state index in [-0.39, 0.29) is 5.46 Å². The molecular weight excluding hydrogens is 312 g/mol. The summed E-state index contributed by atoms with van der Waals surface area (Å²) in [5, 5.41) is 0. The fraction of sp³-hybridized carbons (Fsp3) is 0.533. The van der Waals surface area contributed by atoms with E-state index in [4.69, 9.17) is 9.31 Å². The molecule has 0 N–H and O–H groups in total. The molecule has 1 saturated heterocycles. The largest absolute Gasteiger partial charge is 0.498 e. The van der Waals surface area contributed by atoms with Crippen molar-refractivity contribution in [3.63, 3.8) is 0 Å². The molecule has 4 nitrogen and oxygen atoms in total. The normalized spacial score (nSPS) is 19.0. The van der Waals surface area contributed by atoms with E-state index in [0.29, 0.717) is 0 Å². The van der Waals surface area contributed by atoms with E-state index in [1.807, 2.05) is 0 Å². The topological polar surface area (TPSA) is 44.8 Å².